The van der Waals surface area contributed by atoms with E-state index in [1.54, 1.807) is 6.92 Å². The Labute approximate surface area is 136 Å². The van der Waals surface area contributed by atoms with Crippen molar-refractivity contribution < 1.29 is 24.2 Å². The van der Waals surface area contributed by atoms with Crippen molar-refractivity contribution in [2.75, 3.05) is 13.2 Å². The summed E-state index contributed by atoms with van der Waals surface area (Å²) in [6.07, 6.45) is 5.43. The SMILES string of the molecule is CCOC(=O)[C@@](CCCCN)(NC(=O)C1CCCCC1)C(=O)O. The van der Waals surface area contributed by atoms with Crippen LogP contribution < -0.4 is 11.1 Å². The first kappa shape index (κ1) is 19.4. The van der Waals surface area contributed by atoms with Crippen LogP contribution in [0.25, 0.3) is 0 Å². The Balaban J connectivity index is 2.92. The highest BCUT2D eigenvalue weighted by Gasteiger charge is 2.49. The van der Waals surface area contributed by atoms with Gasteiger partial charge in [0.1, 0.15) is 0 Å². The predicted molar refractivity (Wildman–Crippen MR) is 84.6 cm³/mol. The smallest absolute Gasteiger partial charge is 0.343 e. The molecule has 1 fully saturated rings. The number of nitrogens with two attached hydrogens (primary N) is 1. The second-order valence-electron chi connectivity index (χ2n) is 6.00. The van der Waals surface area contributed by atoms with Gasteiger partial charge in [-0.15, -0.1) is 0 Å². The van der Waals surface area contributed by atoms with Crippen molar-refractivity contribution >= 4 is 17.8 Å². The van der Waals surface area contributed by atoms with Crippen LogP contribution in [-0.4, -0.2) is 41.6 Å². The van der Waals surface area contributed by atoms with Gasteiger partial charge in [0.15, 0.2) is 0 Å². The fourth-order valence-corrected chi connectivity index (χ4v) is 2.93. The van der Waals surface area contributed by atoms with Crippen molar-refractivity contribution in [1.29, 1.82) is 0 Å². The third-order valence-electron chi connectivity index (χ3n) is 4.31. The molecule has 0 aliphatic heterocycles. The third kappa shape index (κ3) is 5.20. The number of hydrogen-bond donors (Lipinski definition) is 3. The maximum Gasteiger partial charge on any atom is 0.343 e. The quantitative estimate of drug-likeness (QED) is 0.332. The van der Waals surface area contributed by atoms with Crippen LogP contribution in [0.5, 0.6) is 0 Å². The average Bonchev–Trinajstić information content (AvgIpc) is 2.54. The zero-order valence-electron chi connectivity index (χ0n) is 13.8. The highest BCUT2D eigenvalue weighted by Crippen LogP contribution is 2.26. The highest BCUT2D eigenvalue weighted by molar-refractivity contribution is 6.07. The molecule has 1 rings (SSSR count). The molecule has 0 aromatic heterocycles. The van der Waals surface area contributed by atoms with E-state index in [9.17, 15) is 19.5 Å². The molecule has 0 aromatic carbocycles. The molecule has 0 heterocycles. The summed E-state index contributed by atoms with van der Waals surface area (Å²) in [4.78, 5) is 36.5. The van der Waals surface area contributed by atoms with Gasteiger partial charge in [-0.25, -0.2) is 9.59 Å². The largest absolute Gasteiger partial charge is 0.479 e. The molecule has 7 heteroatoms. The topological polar surface area (TPSA) is 119 Å². The standard InChI is InChI=1S/C16H28N2O5/c1-2-23-15(22)16(14(20)21,10-6-7-11-17)18-13(19)12-8-4-3-5-9-12/h12H,2-11,17H2,1H3,(H,18,19)(H,20,21)/t16-/m0/s1. The minimum Gasteiger partial charge on any atom is -0.479 e. The Morgan fingerprint density at radius 2 is 1.87 bits per heavy atom. The fourth-order valence-electron chi connectivity index (χ4n) is 2.93. The number of carbonyl (C=O) groups excluding carboxylic acids is 2. The molecule has 0 aromatic rings. The number of ether oxygens (including phenoxy) is 1. The highest BCUT2D eigenvalue weighted by atomic mass is 16.5. The van der Waals surface area contributed by atoms with Crippen LogP contribution in [0.4, 0.5) is 0 Å². The normalized spacial score (nSPS) is 18.0. The maximum absolute atomic E-state index is 12.5. The van der Waals surface area contributed by atoms with E-state index >= 15 is 0 Å². The van der Waals surface area contributed by atoms with Crippen LogP contribution in [-0.2, 0) is 19.1 Å². The van der Waals surface area contributed by atoms with E-state index in [4.69, 9.17) is 10.5 Å². The molecule has 1 saturated carbocycles. The molecule has 1 aliphatic carbocycles. The van der Waals surface area contributed by atoms with Crippen molar-refractivity contribution in [3.05, 3.63) is 0 Å². The van der Waals surface area contributed by atoms with Gasteiger partial charge in [-0.1, -0.05) is 19.3 Å². The lowest BCUT2D eigenvalue weighted by Gasteiger charge is -2.31. The van der Waals surface area contributed by atoms with Gasteiger partial charge in [0.05, 0.1) is 6.61 Å². The number of aliphatic carboxylic acids is 1. The summed E-state index contributed by atoms with van der Waals surface area (Å²) in [6.45, 7) is 2.06. The van der Waals surface area contributed by atoms with Crippen molar-refractivity contribution in [3.8, 4) is 0 Å². The van der Waals surface area contributed by atoms with E-state index in [1.165, 1.54) is 0 Å². The van der Waals surface area contributed by atoms with E-state index in [-0.39, 0.29) is 24.9 Å². The number of carbonyl (C=O) groups is 3. The second kappa shape index (κ2) is 9.50. The maximum atomic E-state index is 12.5. The number of carboxylic acids is 1. The molecule has 23 heavy (non-hydrogen) atoms. The van der Waals surface area contributed by atoms with Gasteiger partial charge in [-0.3, -0.25) is 4.79 Å². The molecule has 132 valence electrons. The Bertz CT molecular complexity index is 421. The number of rotatable bonds is 9. The van der Waals surface area contributed by atoms with E-state index in [0.717, 1.165) is 32.1 Å². The summed E-state index contributed by atoms with van der Waals surface area (Å²) in [5, 5.41) is 12.1. The average molecular weight is 328 g/mol. The van der Waals surface area contributed by atoms with Crippen molar-refractivity contribution in [1.82, 2.24) is 5.32 Å². The summed E-state index contributed by atoms with van der Waals surface area (Å²) in [5.41, 5.74) is 3.42. The van der Waals surface area contributed by atoms with E-state index < -0.39 is 17.5 Å². The van der Waals surface area contributed by atoms with Gasteiger partial charge in [-0.2, -0.15) is 0 Å². The molecular weight excluding hydrogens is 300 g/mol. The Hall–Kier alpha value is -1.63. The summed E-state index contributed by atoms with van der Waals surface area (Å²) in [5.74, 6) is -2.88. The lowest BCUT2D eigenvalue weighted by molar-refractivity contribution is -0.166. The summed E-state index contributed by atoms with van der Waals surface area (Å²) >= 11 is 0. The van der Waals surface area contributed by atoms with Crippen molar-refractivity contribution in [2.24, 2.45) is 11.7 Å². The van der Waals surface area contributed by atoms with Crippen LogP contribution in [0, 0.1) is 5.92 Å². The Morgan fingerprint density at radius 3 is 2.39 bits per heavy atom. The van der Waals surface area contributed by atoms with Crippen LogP contribution >= 0.6 is 0 Å². The van der Waals surface area contributed by atoms with Gasteiger partial charge in [0, 0.05) is 5.92 Å². The number of hydrogen-bond acceptors (Lipinski definition) is 5. The minimum absolute atomic E-state index is 0.0170. The molecule has 0 bridgehead atoms. The van der Waals surface area contributed by atoms with Gasteiger partial charge >= 0.3 is 11.9 Å². The molecule has 1 amide bonds. The van der Waals surface area contributed by atoms with Crippen LogP contribution in [0.2, 0.25) is 0 Å². The number of unbranched alkanes of at least 4 members (excludes halogenated alkanes) is 1. The van der Waals surface area contributed by atoms with Crippen molar-refractivity contribution in [2.45, 2.75) is 63.8 Å². The zero-order valence-corrected chi connectivity index (χ0v) is 13.8. The van der Waals surface area contributed by atoms with Crippen LogP contribution in [0.3, 0.4) is 0 Å². The molecule has 0 radical (unpaired) electrons. The van der Waals surface area contributed by atoms with Crippen LogP contribution in [0.15, 0.2) is 0 Å². The fraction of sp³-hybridized carbons (Fsp3) is 0.812. The van der Waals surface area contributed by atoms with Gasteiger partial charge in [0.25, 0.3) is 0 Å². The number of carboxylic acid groups (broad SMARTS) is 1. The lowest BCUT2D eigenvalue weighted by atomic mass is 9.86. The van der Waals surface area contributed by atoms with Crippen LogP contribution in [0.1, 0.15) is 58.3 Å². The molecule has 7 nitrogen and oxygen atoms in total. The lowest BCUT2D eigenvalue weighted by Crippen LogP contribution is -2.62. The number of amides is 1. The number of nitrogens with one attached hydrogen (secondary N) is 1. The van der Waals surface area contributed by atoms with Gasteiger partial charge in [-0.05, 0) is 45.6 Å². The zero-order chi connectivity index (χ0) is 17.3. The molecule has 1 atom stereocenters. The molecule has 0 saturated heterocycles. The molecule has 4 N–H and O–H groups in total. The first-order chi connectivity index (χ1) is 11.0. The first-order valence-corrected chi connectivity index (χ1v) is 8.40. The predicted octanol–water partition coefficient (Wildman–Crippen LogP) is 1.20. The summed E-state index contributed by atoms with van der Waals surface area (Å²) in [7, 11) is 0. The number of esters is 1. The van der Waals surface area contributed by atoms with Crippen molar-refractivity contribution in [3.63, 3.8) is 0 Å². The first-order valence-electron chi connectivity index (χ1n) is 8.40. The van der Waals surface area contributed by atoms with Gasteiger partial charge < -0.3 is 20.9 Å². The summed E-state index contributed by atoms with van der Waals surface area (Å²) in [6, 6.07) is 0. The minimum atomic E-state index is -2.01. The Kier molecular flexibility index (Phi) is 8.02. The van der Waals surface area contributed by atoms with E-state index in [1.807, 2.05) is 0 Å². The molecular formula is C16H28N2O5. The molecule has 1 aliphatic rings. The second-order valence-corrected chi connectivity index (χ2v) is 6.00. The third-order valence-corrected chi connectivity index (χ3v) is 4.31. The van der Waals surface area contributed by atoms with E-state index in [0.29, 0.717) is 19.4 Å². The monoisotopic (exact) mass is 328 g/mol. The molecule has 0 spiro atoms. The van der Waals surface area contributed by atoms with E-state index in [2.05, 4.69) is 5.32 Å². The van der Waals surface area contributed by atoms with Gasteiger partial charge in [0.2, 0.25) is 11.4 Å². The molecule has 0 unspecified atom stereocenters. The summed E-state index contributed by atoms with van der Waals surface area (Å²) < 4.78 is 4.92. The Morgan fingerprint density at radius 1 is 1.22 bits per heavy atom.